The summed E-state index contributed by atoms with van der Waals surface area (Å²) in [4.78, 5) is 22.7. The van der Waals surface area contributed by atoms with Crippen LogP contribution in [0, 0.1) is 10.1 Å². The Morgan fingerprint density at radius 2 is 1.33 bits per heavy atom. The number of nitrogens with zero attached hydrogens (tertiary/aromatic N) is 1. The average molecular weight is 381 g/mol. The van der Waals surface area contributed by atoms with E-state index in [1.807, 2.05) is 0 Å². The van der Waals surface area contributed by atoms with Gasteiger partial charge in [0.25, 0.3) is 5.69 Å². The molecule has 0 bridgehead atoms. The fourth-order valence-corrected chi connectivity index (χ4v) is 4.57. The fraction of sp³-hybridized carbons (Fsp3) is 0.0500. The minimum Gasteiger partial charge on any atom is -0.404 e. The Bertz CT molecular complexity index is 944. The minimum atomic E-state index is -3.60. The Hall–Kier alpha value is -3.24. The lowest BCUT2D eigenvalue weighted by Gasteiger charge is -2.19. The number of nitro groups is 1. The Morgan fingerprint density at radius 1 is 0.852 bits per heavy atom. The first-order valence-electron chi connectivity index (χ1n) is 8.16. The van der Waals surface area contributed by atoms with Crippen molar-refractivity contribution < 1.29 is 18.8 Å². The van der Waals surface area contributed by atoms with Gasteiger partial charge in [0.2, 0.25) is 0 Å². The largest absolute Gasteiger partial charge is 0.404 e. The summed E-state index contributed by atoms with van der Waals surface area (Å²) in [6.07, 6.45) is -0.137. The van der Waals surface area contributed by atoms with Gasteiger partial charge in [0, 0.05) is 12.1 Å². The quantitative estimate of drug-likeness (QED) is 0.370. The van der Waals surface area contributed by atoms with E-state index in [0.717, 1.165) is 0 Å². The molecule has 3 rings (SSSR count). The Balaban J connectivity index is 1.85. The van der Waals surface area contributed by atoms with Crippen LogP contribution in [-0.2, 0) is 20.3 Å². The van der Waals surface area contributed by atoms with Crippen molar-refractivity contribution in [2.24, 2.45) is 0 Å². The number of hydrogen-bond donors (Lipinski definition) is 0. The molecule has 3 aromatic rings. The summed E-state index contributed by atoms with van der Waals surface area (Å²) in [6.45, 7) is 0. The van der Waals surface area contributed by atoms with Gasteiger partial charge in [-0.1, -0.05) is 48.5 Å². The lowest BCUT2D eigenvalue weighted by Crippen LogP contribution is -2.21. The first-order chi connectivity index (χ1) is 13.0. The van der Waals surface area contributed by atoms with Gasteiger partial charge in [-0.15, -0.1) is 0 Å². The van der Waals surface area contributed by atoms with Gasteiger partial charge in [-0.3, -0.25) is 19.5 Å². The maximum absolute atomic E-state index is 13.6. The SMILES string of the molecule is O=C(Cc1ccc([N+](=O)[O-])cc1)OP(=O)(c1ccccc1)c1ccccc1. The van der Waals surface area contributed by atoms with Crippen LogP contribution in [0.3, 0.4) is 0 Å². The average Bonchev–Trinajstić information content (AvgIpc) is 2.69. The van der Waals surface area contributed by atoms with Crippen LogP contribution in [0.15, 0.2) is 84.9 Å². The first kappa shape index (κ1) is 18.5. The zero-order chi connectivity index (χ0) is 19.3. The third-order valence-corrected chi connectivity index (χ3v) is 6.33. The molecule has 0 aliphatic heterocycles. The first-order valence-corrected chi connectivity index (χ1v) is 9.78. The van der Waals surface area contributed by atoms with Crippen molar-refractivity contribution in [3.8, 4) is 0 Å². The highest BCUT2D eigenvalue weighted by Gasteiger charge is 2.32. The number of carbonyl (C=O) groups excluding carboxylic acids is 1. The van der Waals surface area contributed by atoms with Crippen molar-refractivity contribution >= 4 is 29.6 Å². The summed E-state index contributed by atoms with van der Waals surface area (Å²) in [7, 11) is -3.60. The molecule has 0 aliphatic carbocycles. The predicted octanol–water partition coefficient (Wildman–Crippen LogP) is 3.61. The van der Waals surface area contributed by atoms with Crippen LogP contribution in [0.5, 0.6) is 0 Å². The second kappa shape index (κ2) is 7.98. The smallest absolute Gasteiger partial charge is 0.315 e. The molecule has 6 nitrogen and oxygen atoms in total. The molecule has 7 heteroatoms. The number of non-ortho nitro benzene ring substituents is 1. The molecule has 0 unspecified atom stereocenters. The van der Waals surface area contributed by atoms with Crippen molar-refractivity contribution in [3.05, 3.63) is 101 Å². The number of nitro benzene ring substituents is 1. The molecule has 0 aliphatic rings. The van der Waals surface area contributed by atoms with Gasteiger partial charge in [0.1, 0.15) is 0 Å². The molecule has 0 amide bonds. The highest BCUT2D eigenvalue weighted by Crippen LogP contribution is 2.44. The number of carbonyl (C=O) groups is 1. The molecule has 0 fully saturated rings. The third kappa shape index (κ3) is 4.30. The molecule has 0 heterocycles. The normalized spacial score (nSPS) is 11.0. The zero-order valence-electron chi connectivity index (χ0n) is 14.2. The Morgan fingerprint density at radius 3 is 1.78 bits per heavy atom. The summed E-state index contributed by atoms with van der Waals surface area (Å²) in [5.41, 5.74) is 0.477. The Labute approximate surface area is 156 Å². The number of hydrogen-bond acceptors (Lipinski definition) is 5. The number of rotatable bonds is 6. The van der Waals surface area contributed by atoms with Crippen molar-refractivity contribution in [3.63, 3.8) is 0 Å². The molecular weight excluding hydrogens is 365 g/mol. The van der Waals surface area contributed by atoms with Crippen molar-refractivity contribution in [2.45, 2.75) is 6.42 Å². The number of benzene rings is 3. The molecule has 0 saturated carbocycles. The minimum absolute atomic E-state index is 0.0636. The molecule has 0 atom stereocenters. The van der Waals surface area contributed by atoms with Crippen molar-refractivity contribution in [1.82, 2.24) is 0 Å². The fourth-order valence-electron chi connectivity index (χ4n) is 2.58. The van der Waals surface area contributed by atoms with Crippen molar-refractivity contribution in [2.75, 3.05) is 0 Å². The van der Waals surface area contributed by atoms with Crippen LogP contribution in [-0.4, -0.2) is 10.9 Å². The molecule has 0 N–H and O–H groups in total. The van der Waals surface area contributed by atoms with E-state index in [2.05, 4.69) is 0 Å². The van der Waals surface area contributed by atoms with E-state index < -0.39 is 18.3 Å². The predicted molar refractivity (Wildman–Crippen MR) is 103 cm³/mol. The summed E-state index contributed by atoms with van der Waals surface area (Å²) in [5, 5.41) is 11.6. The lowest BCUT2D eigenvalue weighted by molar-refractivity contribution is -0.384. The van der Waals surface area contributed by atoms with E-state index in [4.69, 9.17) is 4.52 Å². The molecule has 0 saturated heterocycles. The standard InChI is InChI=1S/C20H16NO5P/c22-20(15-16-11-13-17(14-12-16)21(23)24)26-27(25,18-7-3-1-4-8-18)19-9-5-2-6-10-19/h1-14H,15H2. The molecular formula is C20H16NO5P. The topological polar surface area (TPSA) is 86.5 Å². The van der Waals surface area contributed by atoms with Crippen LogP contribution in [0.4, 0.5) is 5.69 Å². The summed E-state index contributed by atoms with van der Waals surface area (Å²) in [6, 6.07) is 22.7. The second-order valence-corrected chi connectivity index (χ2v) is 8.10. The molecule has 0 spiro atoms. The van der Waals surface area contributed by atoms with Crippen LogP contribution < -0.4 is 10.6 Å². The molecule has 3 aromatic carbocycles. The van der Waals surface area contributed by atoms with Crippen LogP contribution in [0.1, 0.15) is 5.56 Å². The monoisotopic (exact) mass is 381 g/mol. The van der Waals surface area contributed by atoms with Gasteiger partial charge in [0.15, 0.2) is 0 Å². The van der Waals surface area contributed by atoms with Gasteiger partial charge in [-0.2, -0.15) is 0 Å². The summed E-state index contributed by atoms with van der Waals surface area (Å²) >= 11 is 0. The molecule has 0 aromatic heterocycles. The molecule has 0 radical (unpaired) electrons. The second-order valence-electron chi connectivity index (χ2n) is 5.79. The highest BCUT2D eigenvalue weighted by molar-refractivity contribution is 7.74. The maximum Gasteiger partial charge on any atom is 0.315 e. The van der Waals surface area contributed by atoms with Crippen LogP contribution >= 0.6 is 7.37 Å². The summed E-state index contributed by atoms with van der Waals surface area (Å²) in [5.74, 6) is -0.667. The third-order valence-electron chi connectivity index (χ3n) is 3.92. The highest BCUT2D eigenvalue weighted by atomic mass is 31.2. The van der Waals surface area contributed by atoms with E-state index in [1.54, 1.807) is 60.7 Å². The van der Waals surface area contributed by atoms with E-state index in [0.29, 0.717) is 16.2 Å². The van der Waals surface area contributed by atoms with Crippen LogP contribution in [0.2, 0.25) is 0 Å². The maximum atomic E-state index is 13.6. The van der Waals surface area contributed by atoms with Gasteiger partial charge in [-0.25, -0.2) is 0 Å². The van der Waals surface area contributed by atoms with Gasteiger partial charge >= 0.3 is 13.3 Å². The van der Waals surface area contributed by atoms with E-state index in [-0.39, 0.29) is 12.1 Å². The summed E-state index contributed by atoms with van der Waals surface area (Å²) < 4.78 is 19.1. The Kier molecular flexibility index (Phi) is 5.48. The van der Waals surface area contributed by atoms with Gasteiger partial charge in [-0.05, 0) is 29.8 Å². The van der Waals surface area contributed by atoms with E-state index in [1.165, 1.54) is 24.3 Å². The zero-order valence-corrected chi connectivity index (χ0v) is 15.1. The lowest BCUT2D eigenvalue weighted by atomic mass is 10.1. The van der Waals surface area contributed by atoms with Crippen molar-refractivity contribution in [1.29, 1.82) is 0 Å². The van der Waals surface area contributed by atoms with Gasteiger partial charge in [0.05, 0.1) is 22.0 Å². The molecule has 136 valence electrons. The van der Waals surface area contributed by atoms with Gasteiger partial charge < -0.3 is 4.52 Å². The van der Waals surface area contributed by atoms with E-state index >= 15 is 0 Å². The van der Waals surface area contributed by atoms with E-state index in [9.17, 15) is 19.5 Å². The van der Waals surface area contributed by atoms with Crippen LogP contribution in [0.25, 0.3) is 0 Å². The molecule has 27 heavy (non-hydrogen) atoms.